The predicted molar refractivity (Wildman–Crippen MR) is 64.0 cm³/mol. The molecule has 0 spiro atoms. The molecule has 0 radical (unpaired) electrons. The van der Waals surface area contributed by atoms with Gasteiger partial charge >= 0.3 is 6.01 Å². The van der Waals surface area contributed by atoms with Crippen molar-refractivity contribution in [3.05, 3.63) is 35.1 Å². The molecule has 0 aliphatic heterocycles. The number of para-hydroxylation sites is 2. The van der Waals surface area contributed by atoms with E-state index in [-0.39, 0.29) is 0 Å². The first-order chi connectivity index (χ1) is 7.72. The second-order valence-corrected chi connectivity index (χ2v) is 3.99. The Morgan fingerprint density at radius 3 is 2.50 bits per heavy atom. The van der Waals surface area contributed by atoms with Crippen LogP contribution in [0.5, 0.6) is 17.5 Å². The Balaban J connectivity index is 2.30. The van der Waals surface area contributed by atoms with E-state index >= 15 is 0 Å². The van der Waals surface area contributed by atoms with E-state index in [0.29, 0.717) is 17.5 Å². The number of hydrogen-bond acceptors (Lipinski definition) is 3. The zero-order valence-electron chi connectivity index (χ0n) is 8.98. The summed E-state index contributed by atoms with van der Waals surface area (Å²) in [4.78, 5) is 4.12. The van der Waals surface area contributed by atoms with Crippen molar-refractivity contribution in [1.82, 2.24) is 9.55 Å². The molecule has 1 heterocycles. The Bertz CT molecular complexity index is 496. The van der Waals surface area contributed by atoms with Crippen molar-refractivity contribution in [2.24, 2.45) is 7.05 Å². The summed E-state index contributed by atoms with van der Waals surface area (Å²) in [7, 11) is 3.47. The number of ether oxygens (including phenoxy) is 2. The molecule has 1 aromatic carbocycles. The molecule has 0 aliphatic rings. The molecule has 0 saturated carbocycles. The van der Waals surface area contributed by atoms with Gasteiger partial charge in [0.2, 0.25) is 0 Å². The van der Waals surface area contributed by atoms with Crippen LogP contribution in [0.2, 0.25) is 0 Å². The molecule has 0 atom stereocenters. The standard InChI is InChI=1S/C11H11BrN2O2/c1-14-10(12)7-13-11(14)16-9-6-4-3-5-8(9)15-2/h3-7H,1-2H3. The van der Waals surface area contributed by atoms with Gasteiger partial charge in [0.15, 0.2) is 11.5 Å². The maximum atomic E-state index is 5.65. The topological polar surface area (TPSA) is 36.3 Å². The highest BCUT2D eigenvalue weighted by Crippen LogP contribution is 2.30. The molecule has 0 N–H and O–H groups in total. The summed E-state index contributed by atoms with van der Waals surface area (Å²) in [5.41, 5.74) is 0. The van der Waals surface area contributed by atoms with Crippen LogP contribution in [0.3, 0.4) is 0 Å². The number of nitrogens with zero attached hydrogens (tertiary/aromatic N) is 2. The number of imidazole rings is 1. The lowest BCUT2D eigenvalue weighted by Gasteiger charge is -2.09. The third-order valence-electron chi connectivity index (χ3n) is 2.16. The van der Waals surface area contributed by atoms with Gasteiger partial charge in [-0.1, -0.05) is 12.1 Å². The quantitative estimate of drug-likeness (QED) is 0.868. The first-order valence-electron chi connectivity index (χ1n) is 4.70. The zero-order valence-corrected chi connectivity index (χ0v) is 10.6. The maximum Gasteiger partial charge on any atom is 0.302 e. The molecule has 4 nitrogen and oxygen atoms in total. The van der Waals surface area contributed by atoms with Crippen LogP contribution >= 0.6 is 15.9 Å². The second-order valence-electron chi connectivity index (χ2n) is 3.18. The van der Waals surface area contributed by atoms with Gasteiger partial charge in [0.1, 0.15) is 4.60 Å². The Morgan fingerprint density at radius 1 is 1.25 bits per heavy atom. The number of aromatic nitrogens is 2. The zero-order chi connectivity index (χ0) is 11.5. The first-order valence-corrected chi connectivity index (χ1v) is 5.49. The van der Waals surface area contributed by atoms with Gasteiger partial charge in [-0.2, -0.15) is 0 Å². The van der Waals surface area contributed by atoms with Crippen molar-refractivity contribution in [3.8, 4) is 17.5 Å². The first kappa shape index (κ1) is 11.0. The highest BCUT2D eigenvalue weighted by atomic mass is 79.9. The van der Waals surface area contributed by atoms with Crippen molar-refractivity contribution >= 4 is 15.9 Å². The highest BCUT2D eigenvalue weighted by molar-refractivity contribution is 9.10. The van der Waals surface area contributed by atoms with Crippen molar-refractivity contribution < 1.29 is 9.47 Å². The van der Waals surface area contributed by atoms with E-state index in [1.165, 1.54) is 0 Å². The van der Waals surface area contributed by atoms with Crippen LogP contribution < -0.4 is 9.47 Å². The van der Waals surface area contributed by atoms with Gasteiger partial charge in [-0.15, -0.1) is 0 Å². The molecule has 0 amide bonds. The van der Waals surface area contributed by atoms with E-state index in [1.54, 1.807) is 17.9 Å². The molecule has 2 rings (SSSR count). The maximum absolute atomic E-state index is 5.65. The molecular weight excluding hydrogens is 272 g/mol. The third kappa shape index (κ3) is 2.04. The van der Waals surface area contributed by atoms with Crippen LogP contribution in [0, 0.1) is 0 Å². The minimum atomic E-state index is 0.511. The molecular formula is C11H11BrN2O2. The minimum Gasteiger partial charge on any atom is -0.493 e. The van der Waals surface area contributed by atoms with E-state index in [2.05, 4.69) is 20.9 Å². The number of hydrogen-bond donors (Lipinski definition) is 0. The number of halogens is 1. The summed E-state index contributed by atoms with van der Waals surface area (Å²) in [6, 6.07) is 7.96. The van der Waals surface area contributed by atoms with Crippen LogP contribution in [0.25, 0.3) is 0 Å². The van der Waals surface area contributed by atoms with E-state index in [0.717, 1.165) is 4.60 Å². The molecule has 0 unspecified atom stereocenters. The van der Waals surface area contributed by atoms with Crippen molar-refractivity contribution in [3.63, 3.8) is 0 Å². The lowest BCUT2D eigenvalue weighted by molar-refractivity contribution is 0.362. The molecule has 0 bridgehead atoms. The van der Waals surface area contributed by atoms with Gasteiger partial charge in [0.05, 0.1) is 13.3 Å². The lowest BCUT2D eigenvalue weighted by atomic mass is 10.3. The summed E-state index contributed by atoms with van der Waals surface area (Å²) in [5, 5.41) is 0. The molecule has 5 heteroatoms. The SMILES string of the molecule is COc1ccccc1Oc1ncc(Br)n1C. The Kier molecular flexibility index (Phi) is 3.14. The van der Waals surface area contributed by atoms with Crippen molar-refractivity contribution in [1.29, 1.82) is 0 Å². The van der Waals surface area contributed by atoms with Gasteiger partial charge in [-0.25, -0.2) is 4.98 Å². The normalized spacial score (nSPS) is 10.2. The smallest absolute Gasteiger partial charge is 0.302 e. The van der Waals surface area contributed by atoms with Gasteiger partial charge in [0, 0.05) is 7.05 Å². The largest absolute Gasteiger partial charge is 0.493 e. The molecule has 1 aromatic heterocycles. The summed E-state index contributed by atoms with van der Waals surface area (Å²) in [6.07, 6.45) is 1.69. The van der Waals surface area contributed by atoms with Crippen molar-refractivity contribution in [2.45, 2.75) is 0 Å². The van der Waals surface area contributed by atoms with E-state index in [1.807, 2.05) is 31.3 Å². The molecule has 2 aromatic rings. The van der Waals surface area contributed by atoms with Crippen LogP contribution in [-0.4, -0.2) is 16.7 Å². The van der Waals surface area contributed by atoms with E-state index in [9.17, 15) is 0 Å². The number of rotatable bonds is 3. The highest BCUT2D eigenvalue weighted by Gasteiger charge is 2.09. The molecule has 0 fully saturated rings. The van der Waals surface area contributed by atoms with Crippen LogP contribution in [0.4, 0.5) is 0 Å². The molecule has 0 aliphatic carbocycles. The van der Waals surface area contributed by atoms with Crippen LogP contribution in [-0.2, 0) is 7.05 Å². The second kappa shape index (κ2) is 4.57. The number of methoxy groups -OCH3 is 1. The average molecular weight is 283 g/mol. The summed E-state index contributed by atoms with van der Waals surface area (Å²) >= 11 is 3.35. The Morgan fingerprint density at radius 2 is 1.94 bits per heavy atom. The monoisotopic (exact) mass is 282 g/mol. The van der Waals surface area contributed by atoms with Gasteiger partial charge in [-0.05, 0) is 28.1 Å². The fourth-order valence-corrected chi connectivity index (χ4v) is 1.52. The summed E-state index contributed by atoms with van der Waals surface area (Å²) in [5.74, 6) is 1.33. The van der Waals surface area contributed by atoms with E-state index < -0.39 is 0 Å². The van der Waals surface area contributed by atoms with Crippen LogP contribution in [0.1, 0.15) is 0 Å². The summed E-state index contributed by atoms with van der Waals surface area (Å²) < 4.78 is 13.5. The van der Waals surface area contributed by atoms with Crippen LogP contribution in [0.15, 0.2) is 35.1 Å². The fourth-order valence-electron chi connectivity index (χ4n) is 1.27. The predicted octanol–water partition coefficient (Wildman–Crippen LogP) is 2.98. The third-order valence-corrected chi connectivity index (χ3v) is 2.90. The molecule has 84 valence electrons. The summed E-state index contributed by atoms with van der Waals surface area (Å²) in [6.45, 7) is 0. The van der Waals surface area contributed by atoms with Crippen molar-refractivity contribution in [2.75, 3.05) is 7.11 Å². The van der Waals surface area contributed by atoms with Gasteiger partial charge in [0.25, 0.3) is 0 Å². The average Bonchev–Trinajstić information content (AvgIpc) is 2.62. The minimum absolute atomic E-state index is 0.511. The van der Waals surface area contributed by atoms with Gasteiger partial charge < -0.3 is 9.47 Å². The molecule has 0 saturated heterocycles. The number of benzene rings is 1. The fraction of sp³-hybridized carbons (Fsp3) is 0.182. The Hall–Kier alpha value is -1.49. The molecule has 16 heavy (non-hydrogen) atoms. The lowest BCUT2D eigenvalue weighted by Crippen LogP contribution is -1.96. The van der Waals surface area contributed by atoms with Gasteiger partial charge in [-0.3, -0.25) is 4.57 Å². The Labute approximate surface area is 102 Å². The van der Waals surface area contributed by atoms with E-state index in [4.69, 9.17) is 9.47 Å².